The summed E-state index contributed by atoms with van der Waals surface area (Å²) < 4.78 is 5.71. The maximum Gasteiger partial charge on any atom is 0.0649 e. The minimum absolute atomic E-state index is 0.248. The van der Waals surface area contributed by atoms with Crippen molar-refractivity contribution in [1.29, 1.82) is 0 Å². The van der Waals surface area contributed by atoms with E-state index in [0.29, 0.717) is 6.10 Å². The number of hydrogen-bond acceptors (Lipinski definition) is 1. The van der Waals surface area contributed by atoms with E-state index < -0.39 is 0 Å². The minimum atomic E-state index is 0.248. The lowest BCUT2D eigenvalue weighted by Crippen LogP contribution is -2.34. The highest BCUT2D eigenvalue weighted by Gasteiger charge is 2.40. The standard InChI is InChI=1S/C10H15ClO/c11-8-10(5-1-2-6-10)9-4-3-7-12-9/h1-2,9H,3-8H2. The molecule has 1 saturated heterocycles. The van der Waals surface area contributed by atoms with Crippen molar-refractivity contribution in [2.75, 3.05) is 12.5 Å². The molecule has 1 unspecified atom stereocenters. The van der Waals surface area contributed by atoms with Crippen LogP contribution in [0.5, 0.6) is 0 Å². The monoisotopic (exact) mass is 186 g/mol. The zero-order valence-electron chi connectivity index (χ0n) is 7.26. The van der Waals surface area contributed by atoms with E-state index >= 15 is 0 Å². The molecular weight excluding hydrogens is 172 g/mol. The molecule has 1 atom stereocenters. The average Bonchev–Trinajstić information content (AvgIpc) is 2.76. The summed E-state index contributed by atoms with van der Waals surface area (Å²) in [5, 5.41) is 0. The lowest BCUT2D eigenvalue weighted by molar-refractivity contribution is 0.0178. The van der Waals surface area contributed by atoms with Crippen LogP contribution in [0.4, 0.5) is 0 Å². The molecule has 68 valence electrons. The van der Waals surface area contributed by atoms with Crippen molar-refractivity contribution in [3.63, 3.8) is 0 Å². The van der Waals surface area contributed by atoms with E-state index in [1.165, 1.54) is 12.8 Å². The topological polar surface area (TPSA) is 9.23 Å². The molecule has 2 rings (SSSR count). The van der Waals surface area contributed by atoms with Crippen molar-refractivity contribution in [3.05, 3.63) is 12.2 Å². The fraction of sp³-hybridized carbons (Fsp3) is 0.800. The van der Waals surface area contributed by atoms with Crippen LogP contribution in [0, 0.1) is 5.41 Å². The molecule has 0 spiro atoms. The number of alkyl halides is 1. The molecule has 1 nitrogen and oxygen atoms in total. The summed E-state index contributed by atoms with van der Waals surface area (Å²) in [6, 6.07) is 0. The fourth-order valence-corrected chi connectivity index (χ4v) is 2.63. The molecule has 1 fully saturated rings. The first-order chi connectivity index (χ1) is 5.87. The van der Waals surface area contributed by atoms with Crippen LogP contribution in [-0.4, -0.2) is 18.6 Å². The summed E-state index contributed by atoms with van der Waals surface area (Å²) >= 11 is 6.02. The van der Waals surface area contributed by atoms with E-state index in [-0.39, 0.29) is 5.41 Å². The molecule has 2 aliphatic rings. The SMILES string of the molecule is ClCC1(C2CCCO2)CC=CC1. The van der Waals surface area contributed by atoms with E-state index in [4.69, 9.17) is 16.3 Å². The Morgan fingerprint density at radius 1 is 1.42 bits per heavy atom. The summed E-state index contributed by atoms with van der Waals surface area (Å²) in [6.07, 6.45) is 9.54. The molecule has 0 radical (unpaired) electrons. The highest BCUT2D eigenvalue weighted by atomic mass is 35.5. The maximum atomic E-state index is 6.02. The molecule has 1 aliphatic carbocycles. The normalized spacial score (nSPS) is 32.9. The van der Waals surface area contributed by atoms with Gasteiger partial charge in [0.25, 0.3) is 0 Å². The van der Waals surface area contributed by atoms with Crippen molar-refractivity contribution < 1.29 is 4.74 Å². The Morgan fingerprint density at radius 2 is 2.17 bits per heavy atom. The predicted octanol–water partition coefficient (Wildman–Crippen LogP) is 2.74. The Morgan fingerprint density at radius 3 is 2.67 bits per heavy atom. The Hall–Kier alpha value is -0.0100. The molecule has 0 N–H and O–H groups in total. The van der Waals surface area contributed by atoms with Crippen LogP contribution in [0.25, 0.3) is 0 Å². The molecule has 0 saturated carbocycles. The fourth-order valence-electron chi connectivity index (χ4n) is 2.24. The summed E-state index contributed by atoms with van der Waals surface area (Å²) in [6.45, 7) is 0.934. The van der Waals surface area contributed by atoms with Gasteiger partial charge in [-0.05, 0) is 25.7 Å². The van der Waals surface area contributed by atoms with Crippen LogP contribution in [0.3, 0.4) is 0 Å². The van der Waals surface area contributed by atoms with Crippen LogP contribution in [0.2, 0.25) is 0 Å². The molecule has 1 heterocycles. The molecule has 2 heteroatoms. The maximum absolute atomic E-state index is 6.02. The zero-order valence-corrected chi connectivity index (χ0v) is 8.02. The summed E-state index contributed by atoms with van der Waals surface area (Å²) in [5.41, 5.74) is 0.248. The van der Waals surface area contributed by atoms with E-state index in [2.05, 4.69) is 12.2 Å². The third-order valence-electron chi connectivity index (χ3n) is 3.09. The van der Waals surface area contributed by atoms with Gasteiger partial charge in [0.2, 0.25) is 0 Å². The second-order valence-electron chi connectivity index (χ2n) is 3.88. The van der Waals surface area contributed by atoms with Crippen molar-refractivity contribution in [1.82, 2.24) is 0 Å². The first kappa shape index (κ1) is 8.58. The van der Waals surface area contributed by atoms with E-state index in [1.54, 1.807) is 0 Å². The van der Waals surface area contributed by atoms with E-state index in [9.17, 15) is 0 Å². The lowest BCUT2D eigenvalue weighted by atomic mass is 9.80. The predicted molar refractivity (Wildman–Crippen MR) is 50.5 cm³/mol. The number of halogens is 1. The number of allylic oxidation sites excluding steroid dienone is 2. The quantitative estimate of drug-likeness (QED) is 0.476. The molecule has 0 amide bonds. The summed E-state index contributed by atoms with van der Waals surface area (Å²) in [4.78, 5) is 0. The van der Waals surface area contributed by atoms with Crippen LogP contribution < -0.4 is 0 Å². The number of ether oxygens (including phenoxy) is 1. The van der Waals surface area contributed by atoms with Crippen molar-refractivity contribution in [3.8, 4) is 0 Å². The first-order valence-electron chi connectivity index (χ1n) is 4.70. The van der Waals surface area contributed by atoms with E-state index in [0.717, 1.165) is 25.3 Å². The van der Waals surface area contributed by atoms with Crippen LogP contribution in [0.1, 0.15) is 25.7 Å². The zero-order chi connectivity index (χ0) is 8.44. The van der Waals surface area contributed by atoms with Crippen LogP contribution in [-0.2, 0) is 4.74 Å². The van der Waals surface area contributed by atoms with Gasteiger partial charge in [-0.25, -0.2) is 0 Å². The highest BCUT2D eigenvalue weighted by molar-refractivity contribution is 6.18. The largest absolute Gasteiger partial charge is 0.378 e. The van der Waals surface area contributed by atoms with Gasteiger partial charge in [0.15, 0.2) is 0 Å². The molecule has 0 aromatic carbocycles. The second-order valence-corrected chi connectivity index (χ2v) is 4.14. The number of rotatable bonds is 2. The third kappa shape index (κ3) is 1.29. The van der Waals surface area contributed by atoms with Gasteiger partial charge in [-0.3, -0.25) is 0 Å². The Balaban J connectivity index is 2.06. The van der Waals surface area contributed by atoms with Crippen molar-refractivity contribution in [2.45, 2.75) is 31.8 Å². The molecular formula is C10H15ClO. The smallest absolute Gasteiger partial charge is 0.0649 e. The molecule has 0 bridgehead atoms. The molecule has 1 aliphatic heterocycles. The second kappa shape index (κ2) is 3.39. The molecule has 0 aromatic rings. The van der Waals surface area contributed by atoms with Crippen molar-refractivity contribution >= 4 is 11.6 Å². The molecule has 0 aromatic heterocycles. The van der Waals surface area contributed by atoms with Gasteiger partial charge in [0.1, 0.15) is 0 Å². The van der Waals surface area contributed by atoms with Crippen LogP contribution >= 0.6 is 11.6 Å². The van der Waals surface area contributed by atoms with Gasteiger partial charge in [-0.1, -0.05) is 12.2 Å². The van der Waals surface area contributed by atoms with Gasteiger partial charge in [-0.15, -0.1) is 11.6 Å². The minimum Gasteiger partial charge on any atom is -0.378 e. The van der Waals surface area contributed by atoms with Crippen molar-refractivity contribution in [2.24, 2.45) is 5.41 Å². The first-order valence-corrected chi connectivity index (χ1v) is 5.23. The lowest BCUT2D eigenvalue weighted by Gasteiger charge is -2.32. The Kier molecular flexibility index (Phi) is 2.42. The van der Waals surface area contributed by atoms with Gasteiger partial charge < -0.3 is 4.74 Å². The summed E-state index contributed by atoms with van der Waals surface area (Å²) in [5.74, 6) is 0.741. The van der Waals surface area contributed by atoms with Crippen LogP contribution in [0.15, 0.2) is 12.2 Å². The van der Waals surface area contributed by atoms with E-state index in [1.807, 2.05) is 0 Å². The molecule has 12 heavy (non-hydrogen) atoms. The Bertz CT molecular complexity index is 174. The van der Waals surface area contributed by atoms with Gasteiger partial charge in [0.05, 0.1) is 6.10 Å². The van der Waals surface area contributed by atoms with Gasteiger partial charge in [-0.2, -0.15) is 0 Å². The van der Waals surface area contributed by atoms with Gasteiger partial charge >= 0.3 is 0 Å². The average molecular weight is 187 g/mol. The number of hydrogen-bond donors (Lipinski definition) is 0. The highest BCUT2D eigenvalue weighted by Crippen LogP contribution is 2.42. The van der Waals surface area contributed by atoms with Gasteiger partial charge in [0, 0.05) is 17.9 Å². The Labute approximate surface area is 78.7 Å². The summed E-state index contributed by atoms with van der Waals surface area (Å²) in [7, 11) is 0. The third-order valence-corrected chi connectivity index (χ3v) is 3.63.